The van der Waals surface area contributed by atoms with Crippen LogP contribution in [0.15, 0.2) is 0 Å². The topological polar surface area (TPSA) is 98.8 Å². The molecule has 3 saturated heterocycles. The SMILES string of the molecule is CS(=O)(=O)N[C@H]1C[C@H]2C(=O)NC[C@@H](CCC(=O)N3CCCC3)N2C1. The van der Waals surface area contributed by atoms with E-state index in [-0.39, 0.29) is 29.9 Å². The summed E-state index contributed by atoms with van der Waals surface area (Å²) in [6.45, 7) is 2.75. The van der Waals surface area contributed by atoms with E-state index in [1.165, 1.54) is 0 Å². The lowest BCUT2D eigenvalue weighted by Crippen LogP contribution is -2.58. The van der Waals surface area contributed by atoms with Gasteiger partial charge in [0, 0.05) is 44.7 Å². The summed E-state index contributed by atoms with van der Waals surface area (Å²) in [5.74, 6) is 0.140. The maximum Gasteiger partial charge on any atom is 0.237 e. The van der Waals surface area contributed by atoms with Crippen molar-refractivity contribution in [1.82, 2.24) is 19.8 Å². The Morgan fingerprint density at radius 3 is 2.71 bits per heavy atom. The lowest BCUT2D eigenvalue weighted by atomic mass is 10.0. The van der Waals surface area contributed by atoms with E-state index < -0.39 is 10.0 Å². The number of carbonyl (C=O) groups excluding carboxylic acids is 2. The molecule has 0 radical (unpaired) electrons. The van der Waals surface area contributed by atoms with E-state index in [4.69, 9.17) is 0 Å². The highest BCUT2D eigenvalue weighted by Gasteiger charge is 2.44. The number of hydrogen-bond donors (Lipinski definition) is 2. The minimum absolute atomic E-state index is 0.0464. The molecule has 8 nitrogen and oxygen atoms in total. The third kappa shape index (κ3) is 4.07. The average Bonchev–Trinajstić information content (AvgIpc) is 3.14. The molecule has 0 aliphatic carbocycles. The van der Waals surface area contributed by atoms with Crippen LogP contribution in [0.4, 0.5) is 0 Å². The normalized spacial score (nSPS) is 31.1. The van der Waals surface area contributed by atoms with E-state index in [1.54, 1.807) is 0 Å². The largest absolute Gasteiger partial charge is 0.353 e. The van der Waals surface area contributed by atoms with Gasteiger partial charge in [-0.1, -0.05) is 0 Å². The summed E-state index contributed by atoms with van der Waals surface area (Å²) in [7, 11) is -3.29. The Labute approximate surface area is 143 Å². The van der Waals surface area contributed by atoms with Gasteiger partial charge < -0.3 is 10.2 Å². The lowest BCUT2D eigenvalue weighted by molar-refractivity contribution is -0.131. The Morgan fingerprint density at radius 2 is 2.04 bits per heavy atom. The molecule has 2 N–H and O–H groups in total. The molecule has 3 rings (SSSR count). The van der Waals surface area contributed by atoms with Gasteiger partial charge >= 0.3 is 0 Å². The Balaban J connectivity index is 1.58. The van der Waals surface area contributed by atoms with E-state index in [2.05, 4.69) is 14.9 Å². The van der Waals surface area contributed by atoms with Crippen LogP contribution in [0.25, 0.3) is 0 Å². The monoisotopic (exact) mass is 358 g/mol. The minimum atomic E-state index is -3.29. The molecular weight excluding hydrogens is 332 g/mol. The third-order valence-corrected chi connectivity index (χ3v) is 5.92. The average molecular weight is 358 g/mol. The van der Waals surface area contributed by atoms with E-state index in [1.807, 2.05) is 4.90 Å². The van der Waals surface area contributed by atoms with Gasteiger partial charge in [0.1, 0.15) is 0 Å². The number of carbonyl (C=O) groups is 2. The second-order valence-corrected chi connectivity index (χ2v) is 8.84. The molecule has 0 aromatic heterocycles. The summed E-state index contributed by atoms with van der Waals surface area (Å²) in [6, 6.07) is -0.457. The molecule has 0 spiro atoms. The van der Waals surface area contributed by atoms with Crippen molar-refractivity contribution >= 4 is 21.8 Å². The maximum absolute atomic E-state index is 12.2. The van der Waals surface area contributed by atoms with Gasteiger partial charge in [-0.3, -0.25) is 14.5 Å². The van der Waals surface area contributed by atoms with Crippen LogP contribution in [0.5, 0.6) is 0 Å². The zero-order chi connectivity index (χ0) is 17.3. The van der Waals surface area contributed by atoms with Crippen LogP contribution in [0.2, 0.25) is 0 Å². The summed E-state index contributed by atoms with van der Waals surface area (Å²) < 4.78 is 25.5. The van der Waals surface area contributed by atoms with Crippen LogP contribution in [-0.2, 0) is 19.6 Å². The van der Waals surface area contributed by atoms with Crippen LogP contribution in [0, 0.1) is 0 Å². The Kier molecular flexibility index (Phi) is 5.12. The lowest BCUT2D eigenvalue weighted by Gasteiger charge is -2.37. The predicted molar refractivity (Wildman–Crippen MR) is 88.7 cm³/mol. The molecule has 0 unspecified atom stereocenters. The van der Waals surface area contributed by atoms with Crippen LogP contribution >= 0.6 is 0 Å². The van der Waals surface area contributed by atoms with Crippen LogP contribution in [0.1, 0.15) is 32.1 Å². The number of fused-ring (bicyclic) bond motifs is 1. The smallest absolute Gasteiger partial charge is 0.237 e. The van der Waals surface area contributed by atoms with Gasteiger partial charge in [-0.2, -0.15) is 0 Å². The number of rotatable bonds is 5. The summed E-state index contributed by atoms with van der Waals surface area (Å²) in [5.41, 5.74) is 0. The summed E-state index contributed by atoms with van der Waals surface area (Å²) in [4.78, 5) is 28.3. The fourth-order valence-corrected chi connectivity index (χ4v) is 4.82. The van der Waals surface area contributed by atoms with Crippen LogP contribution in [-0.4, -0.2) is 80.6 Å². The van der Waals surface area contributed by atoms with Crippen molar-refractivity contribution in [2.45, 2.75) is 50.2 Å². The van der Waals surface area contributed by atoms with Crippen molar-refractivity contribution in [3.05, 3.63) is 0 Å². The highest BCUT2D eigenvalue weighted by molar-refractivity contribution is 7.88. The number of hydrogen-bond acceptors (Lipinski definition) is 5. The zero-order valence-corrected chi connectivity index (χ0v) is 14.8. The third-order valence-electron chi connectivity index (χ3n) is 5.15. The van der Waals surface area contributed by atoms with Gasteiger partial charge in [0.25, 0.3) is 0 Å². The fourth-order valence-electron chi connectivity index (χ4n) is 4.05. The fraction of sp³-hybridized carbons (Fsp3) is 0.867. The quantitative estimate of drug-likeness (QED) is 0.649. The Bertz CT molecular complexity index is 603. The van der Waals surface area contributed by atoms with Crippen molar-refractivity contribution in [1.29, 1.82) is 0 Å². The molecule has 0 aromatic carbocycles. The Morgan fingerprint density at radius 1 is 1.33 bits per heavy atom. The molecule has 3 heterocycles. The molecule has 136 valence electrons. The van der Waals surface area contributed by atoms with Gasteiger partial charge in [0.05, 0.1) is 12.3 Å². The first-order valence-corrected chi connectivity index (χ1v) is 10.5. The van der Waals surface area contributed by atoms with Crippen LogP contribution < -0.4 is 10.0 Å². The maximum atomic E-state index is 12.2. The van der Waals surface area contributed by atoms with Crippen molar-refractivity contribution in [2.24, 2.45) is 0 Å². The predicted octanol–water partition coefficient (Wildman–Crippen LogP) is -1.12. The van der Waals surface area contributed by atoms with Crippen molar-refractivity contribution in [3.8, 4) is 0 Å². The number of amides is 2. The molecular formula is C15H26N4O4S. The first kappa shape index (κ1) is 17.6. The van der Waals surface area contributed by atoms with E-state index in [9.17, 15) is 18.0 Å². The van der Waals surface area contributed by atoms with Gasteiger partial charge in [0.15, 0.2) is 0 Å². The summed E-state index contributed by atoms with van der Waals surface area (Å²) >= 11 is 0. The van der Waals surface area contributed by atoms with Gasteiger partial charge in [-0.05, 0) is 25.7 Å². The van der Waals surface area contributed by atoms with Gasteiger partial charge in [-0.15, -0.1) is 0 Å². The summed E-state index contributed by atoms with van der Waals surface area (Å²) in [5, 5.41) is 2.90. The van der Waals surface area contributed by atoms with Crippen molar-refractivity contribution < 1.29 is 18.0 Å². The van der Waals surface area contributed by atoms with Crippen LogP contribution in [0.3, 0.4) is 0 Å². The molecule has 0 bridgehead atoms. The van der Waals surface area contributed by atoms with E-state index in [0.29, 0.717) is 32.4 Å². The molecule has 0 saturated carbocycles. The minimum Gasteiger partial charge on any atom is -0.353 e. The number of piperazine rings is 1. The first-order chi connectivity index (χ1) is 11.3. The first-order valence-electron chi connectivity index (χ1n) is 8.62. The molecule has 24 heavy (non-hydrogen) atoms. The second kappa shape index (κ2) is 6.97. The van der Waals surface area contributed by atoms with E-state index >= 15 is 0 Å². The Hall–Kier alpha value is -1.19. The van der Waals surface area contributed by atoms with Gasteiger partial charge in [0.2, 0.25) is 21.8 Å². The number of likely N-dealkylation sites (tertiary alicyclic amines) is 1. The zero-order valence-electron chi connectivity index (χ0n) is 14.0. The standard InChI is InChI=1S/C15H26N4O4S/c1-24(22,23)17-11-8-13-15(21)16-9-12(19(13)10-11)4-5-14(20)18-6-2-3-7-18/h11-13,17H,2-10H2,1H3,(H,16,21)/t11-,12+,13-/m0/s1. The van der Waals surface area contributed by atoms with Gasteiger partial charge in [-0.25, -0.2) is 13.1 Å². The van der Waals surface area contributed by atoms with Crippen molar-refractivity contribution in [2.75, 3.05) is 32.4 Å². The number of nitrogens with zero attached hydrogens (tertiary/aromatic N) is 2. The summed E-state index contributed by atoms with van der Waals surface area (Å²) in [6.07, 6.45) is 4.95. The molecule has 3 aliphatic heterocycles. The molecule has 9 heteroatoms. The van der Waals surface area contributed by atoms with E-state index in [0.717, 1.165) is 32.2 Å². The molecule has 3 atom stereocenters. The molecule has 2 amide bonds. The molecule has 3 fully saturated rings. The molecule has 3 aliphatic rings. The molecule has 0 aromatic rings. The van der Waals surface area contributed by atoms with Crippen molar-refractivity contribution in [3.63, 3.8) is 0 Å². The highest BCUT2D eigenvalue weighted by atomic mass is 32.2. The number of sulfonamides is 1. The highest BCUT2D eigenvalue weighted by Crippen LogP contribution is 2.26. The second-order valence-electron chi connectivity index (χ2n) is 7.06. The number of nitrogens with one attached hydrogen (secondary N) is 2.